The van der Waals surface area contributed by atoms with Gasteiger partial charge in [-0.3, -0.25) is 4.79 Å². The lowest BCUT2D eigenvalue weighted by molar-refractivity contribution is -0.114. The van der Waals surface area contributed by atoms with Crippen molar-refractivity contribution >= 4 is 28.8 Å². The number of carbonyl (C=O) groups is 1. The fourth-order valence-electron chi connectivity index (χ4n) is 2.89. The van der Waals surface area contributed by atoms with Crippen LogP contribution in [0.1, 0.15) is 39.0 Å². The maximum absolute atomic E-state index is 11.1. The average molecular weight is 341 g/mol. The Hall–Kier alpha value is -2.83. The van der Waals surface area contributed by atoms with Crippen molar-refractivity contribution in [1.82, 2.24) is 9.97 Å². The van der Waals surface area contributed by atoms with Gasteiger partial charge in [-0.15, -0.1) is 0 Å². The van der Waals surface area contributed by atoms with Gasteiger partial charge in [-0.05, 0) is 49.9 Å². The van der Waals surface area contributed by atoms with E-state index in [9.17, 15) is 4.79 Å². The second-order valence-electron chi connectivity index (χ2n) is 6.20. The lowest BCUT2D eigenvalue weighted by atomic mass is 9.98. The molecule has 0 radical (unpaired) electrons. The lowest BCUT2D eigenvalue weighted by Gasteiger charge is -2.23. The van der Waals surface area contributed by atoms with Crippen LogP contribution in [0.5, 0.6) is 5.88 Å². The van der Waals surface area contributed by atoms with Crippen molar-refractivity contribution in [2.45, 2.75) is 45.1 Å². The molecule has 4 N–H and O–H groups in total. The Balaban J connectivity index is 1.69. The predicted octanol–water partition coefficient (Wildman–Crippen LogP) is 3.47. The Morgan fingerprint density at radius 1 is 1.12 bits per heavy atom. The standard InChI is InChI=1S/C18H23N5O2/c1-12(24)22-13-7-9-14(10-8-13)23-17-16(19)18(21-11-20-17)25-15-5-3-2-4-6-15/h7-11,15H,2-6,19H2,1H3,(H,22,24)(H,20,21,23). The van der Waals surface area contributed by atoms with Crippen molar-refractivity contribution in [3.63, 3.8) is 0 Å². The molecule has 1 amide bonds. The van der Waals surface area contributed by atoms with Crippen LogP contribution in [0.25, 0.3) is 0 Å². The number of aromatic nitrogens is 2. The SMILES string of the molecule is CC(=O)Nc1ccc(Nc2ncnc(OC3CCCCC3)c2N)cc1. The third-order valence-electron chi connectivity index (χ3n) is 4.15. The van der Waals surface area contributed by atoms with Crippen LogP contribution in [0.15, 0.2) is 30.6 Å². The van der Waals surface area contributed by atoms with Gasteiger partial charge in [0.15, 0.2) is 5.82 Å². The summed E-state index contributed by atoms with van der Waals surface area (Å²) in [5, 5.41) is 5.89. The minimum Gasteiger partial charge on any atom is -0.473 e. The number of nitrogen functional groups attached to an aromatic ring is 1. The van der Waals surface area contributed by atoms with Crippen LogP contribution >= 0.6 is 0 Å². The molecule has 1 heterocycles. The third-order valence-corrected chi connectivity index (χ3v) is 4.15. The molecule has 1 aromatic heterocycles. The van der Waals surface area contributed by atoms with Crippen molar-refractivity contribution in [2.75, 3.05) is 16.4 Å². The van der Waals surface area contributed by atoms with E-state index < -0.39 is 0 Å². The zero-order chi connectivity index (χ0) is 17.6. The molecule has 3 rings (SSSR count). The fourth-order valence-corrected chi connectivity index (χ4v) is 2.89. The summed E-state index contributed by atoms with van der Waals surface area (Å²) in [6.07, 6.45) is 7.33. The molecule has 1 aliphatic carbocycles. The van der Waals surface area contributed by atoms with Crippen LogP contribution in [0.2, 0.25) is 0 Å². The van der Waals surface area contributed by atoms with E-state index in [1.54, 1.807) is 12.1 Å². The summed E-state index contributed by atoms with van der Waals surface area (Å²) in [6, 6.07) is 7.30. The van der Waals surface area contributed by atoms with Gasteiger partial charge in [0, 0.05) is 18.3 Å². The predicted molar refractivity (Wildman–Crippen MR) is 98.0 cm³/mol. The molecule has 0 atom stereocenters. The van der Waals surface area contributed by atoms with Gasteiger partial charge in [0.25, 0.3) is 0 Å². The topological polar surface area (TPSA) is 102 Å². The Labute approximate surface area is 147 Å². The number of rotatable bonds is 5. The number of hydrogen-bond acceptors (Lipinski definition) is 6. The van der Waals surface area contributed by atoms with Crippen molar-refractivity contribution in [2.24, 2.45) is 0 Å². The van der Waals surface area contributed by atoms with E-state index in [-0.39, 0.29) is 12.0 Å². The lowest BCUT2D eigenvalue weighted by Crippen LogP contribution is -2.21. The fraction of sp³-hybridized carbons (Fsp3) is 0.389. The molecule has 7 nitrogen and oxygen atoms in total. The summed E-state index contributed by atoms with van der Waals surface area (Å²) in [5.41, 5.74) is 8.12. The van der Waals surface area contributed by atoms with Crippen molar-refractivity contribution < 1.29 is 9.53 Å². The molecular formula is C18H23N5O2. The number of nitrogens with one attached hydrogen (secondary N) is 2. The highest BCUT2D eigenvalue weighted by Crippen LogP contribution is 2.30. The first-order valence-electron chi connectivity index (χ1n) is 8.53. The van der Waals surface area contributed by atoms with Crippen LogP contribution in [-0.4, -0.2) is 22.0 Å². The normalized spacial score (nSPS) is 14.8. The highest BCUT2D eigenvalue weighted by Gasteiger charge is 2.18. The molecular weight excluding hydrogens is 318 g/mol. The van der Waals surface area contributed by atoms with Gasteiger partial charge >= 0.3 is 0 Å². The largest absolute Gasteiger partial charge is 0.473 e. The van der Waals surface area contributed by atoms with E-state index in [2.05, 4.69) is 20.6 Å². The molecule has 7 heteroatoms. The molecule has 0 unspecified atom stereocenters. The molecule has 1 aromatic carbocycles. The van der Waals surface area contributed by atoms with Crippen molar-refractivity contribution in [3.05, 3.63) is 30.6 Å². The maximum atomic E-state index is 11.1. The maximum Gasteiger partial charge on any atom is 0.242 e. The Bertz CT molecular complexity index is 727. The quantitative estimate of drug-likeness (QED) is 0.769. The number of anilines is 4. The third kappa shape index (κ3) is 4.59. The second kappa shape index (κ2) is 7.83. The molecule has 0 saturated heterocycles. The summed E-state index contributed by atoms with van der Waals surface area (Å²) >= 11 is 0. The average Bonchev–Trinajstić information content (AvgIpc) is 2.60. The Morgan fingerprint density at radius 3 is 2.48 bits per heavy atom. The molecule has 25 heavy (non-hydrogen) atoms. The minimum absolute atomic E-state index is 0.106. The van der Waals surface area contributed by atoms with E-state index in [0.29, 0.717) is 17.4 Å². The first-order chi connectivity index (χ1) is 12.1. The molecule has 2 aromatic rings. The summed E-state index contributed by atoms with van der Waals surface area (Å²) < 4.78 is 5.96. The van der Waals surface area contributed by atoms with Gasteiger partial charge in [-0.1, -0.05) is 6.42 Å². The van der Waals surface area contributed by atoms with E-state index >= 15 is 0 Å². The van der Waals surface area contributed by atoms with Gasteiger partial charge in [-0.25, -0.2) is 4.98 Å². The van der Waals surface area contributed by atoms with Crippen molar-refractivity contribution in [3.8, 4) is 5.88 Å². The zero-order valence-electron chi connectivity index (χ0n) is 14.3. The van der Waals surface area contributed by atoms with E-state index in [1.165, 1.54) is 32.5 Å². The molecule has 1 fully saturated rings. The Morgan fingerprint density at radius 2 is 1.80 bits per heavy atom. The van der Waals surface area contributed by atoms with Gasteiger partial charge in [-0.2, -0.15) is 4.98 Å². The molecule has 132 valence electrons. The first kappa shape index (κ1) is 17.0. The number of nitrogens with zero attached hydrogens (tertiary/aromatic N) is 2. The smallest absolute Gasteiger partial charge is 0.242 e. The highest BCUT2D eigenvalue weighted by molar-refractivity contribution is 5.88. The van der Waals surface area contributed by atoms with Crippen LogP contribution in [0.4, 0.5) is 22.9 Å². The van der Waals surface area contributed by atoms with Gasteiger partial charge < -0.3 is 21.1 Å². The van der Waals surface area contributed by atoms with Gasteiger partial charge in [0.1, 0.15) is 18.1 Å². The monoisotopic (exact) mass is 341 g/mol. The van der Waals surface area contributed by atoms with E-state index in [0.717, 1.165) is 24.2 Å². The van der Waals surface area contributed by atoms with Crippen molar-refractivity contribution in [1.29, 1.82) is 0 Å². The summed E-state index contributed by atoms with van der Waals surface area (Å²) in [4.78, 5) is 19.4. The number of benzene rings is 1. The number of amides is 1. The molecule has 0 aliphatic heterocycles. The van der Waals surface area contributed by atoms with Crippen LogP contribution in [-0.2, 0) is 4.79 Å². The number of hydrogen-bond donors (Lipinski definition) is 3. The minimum atomic E-state index is -0.106. The summed E-state index contributed by atoms with van der Waals surface area (Å²) in [6.45, 7) is 1.47. The summed E-state index contributed by atoms with van der Waals surface area (Å²) in [5.74, 6) is 0.831. The van der Waals surface area contributed by atoms with E-state index in [4.69, 9.17) is 10.5 Å². The number of carbonyl (C=O) groups excluding carboxylic acids is 1. The molecule has 0 spiro atoms. The van der Waals surface area contributed by atoms with Crippen LogP contribution in [0.3, 0.4) is 0 Å². The molecule has 1 saturated carbocycles. The van der Waals surface area contributed by atoms with E-state index in [1.807, 2.05) is 12.1 Å². The number of nitrogens with two attached hydrogens (primary N) is 1. The zero-order valence-corrected chi connectivity index (χ0v) is 14.3. The first-order valence-corrected chi connectivity index (χ1v) is 8.53. The van der Waals surface area contributed by atoms with Gasteiger partial charge in [0.05, 0.1) is 0 Å². The highest BCUT2D eigenvalue weighted by atomic mass is 16.5. The Kier molecular flexibility index (Phi) is 5.33. The van der Waals surface area contributed by atoms with Crippen LogP contribution in [0, 0.1) is 0 Å². The number of ether oxygens (including phenoxy) is 1. The summed E-state index contributed by atoms with van der Waals surface area (Å²) in [7, 11) is 0. The molecule has 0 bridgehead atoms. The van der Waals surface area contributed by atoms with Gasteiger partial charge in [0.2, 0.25) is 11.8 Å². The molecule has 1 aliphatic rings. The second-order valence-corrected chi connectivity index (χ2v) is 6.20. The van der Waals surface area contributed by atoms with Crippen LogP contribution < -0.4 is 21.1 Å².